The van der Waals surface area contributed by atoms with Crippen molar-refractivity contribution in [3.63, 3.8) is 0 Å². The zero-order valence-electron chi connectivity index (χ0n) is 18.9. The number of ether oxygens (including phenoxy) is 2. The van der Waals surface area contributed by atoms with Crippen molar-refractivity contribution < 1.29 is 18.7 Å². The summed E-state index contributed by atoms with van der Waals surface area (Å²) in [6, 6.07) is 15.1. The molecule has 2 aromatic carbocycles. The van der Waals surface area contributed by atoms with E-state index in [1.165, 1.54) is 0 Å². The molecule has 2 heterocycles. The van der Waals surface area contributed by atoms with Crippen molar-refractivity contribution in [3.8, 4) is 11.5 Å². The van der Waals surface area contributed by atoms with E-state index >= 15 is 0 Å². The maximum atomic E-state index is 13.7. The fraction of sp³-hybridized carbons (Fsp3) is 0.231. The average Bonchev–Trinajstić information content (AvgIpc) is 3.13. The molecule has 0 aliphatic heterocycles. The topological polar surface area (TPSA) is 64.8 Å². The molecule has 0 aliphatic carbocycles. The smallest absolute Gasteiger partial charge is 0.295 e. The molecule has 1 amide bonds. The maximum Gasteiger partial charge on any atom is 0.295 e. The number of pyridine rings is 1. The quantitative estimate of drug-likeness (QED) is 0.397. The van der Waals surface area contributed by atoms with E-state index in [-0.39, 0.29) is 5.91 Å². The SMILES string of the molecule is COc1ccc(CN(C(=O)c2oc3cc(C)c(C)cc3c2C)c2ccccn2)cc1OC. The lowest BCUT2D eigenvalue weighted by atomic mass is 10.0. The number of hydrogen-bond donors (Lipinski definition) is 0. The number of anilines is 1. The number of carbonyl (C=O) groups is 1. The summed E-state index contributed by atoms with van der Waals surface area (Å²) in [5.41, 5.74) is 4.69. The summed E-state index contributed by atoms with van der Waals surface area (Å²) in [5.74, 6) is 1.84. The van der Waals surface area contributed by atoms with E-state index in [1.807, 2.05) is 56.3 Å². The molecule has 4 aromatic rings. The van der Waals surface area contributed by atoms with Gasteiger partial charge in [-0.2, -0.15) is 0 Å². The molecule has 0 aliphatic rings. The molecule has 0 saturated carbocycles. The standard InChI is InChI=1S/C26H26N2O4/c1-16-12-20-18(3)25(32-22(20)13-17(16)2)26(29)28(24-8-6-7-11-27-24)15-19-9-10-21(30-4)23(14-19)31-5/h6-14H,15H2,1-5H3. The molecule has 32 heavy (non-hydrogen) atoms. The number of nitrogens with zero attached hydrogens (tertiary/aromatic N) is 2. The maximum absolute atomic E-state index is 13.7. The molecule has 0 N–H and O–H groups in total. The van der Waals surface area contributed by atoms with Gasteiger partial charge in [0.15, 0.2) is 17.3 Å². The molecule has 0 fully saturated rings. The van der Waals surface area contributed by atoms with Gasteiger partial charge < -0.3 is 13.9 Å². The Morgan fingerprint density at radius 3 is 2.41 bits per heavy atom. The molecule has 0 unspecified atom stereocenters. The van der Waals surface area contributed by atoms with Gasteiger partial charge in [-0.1, -0.05) is 12.1 Å². The van der Waals surface area contributed by atoms with Crippen molar-refractivity contribution in [2.24, 2.45) is 0 Å². The van der Waals surface area contributed by atoms with Gasteiger partial charge >= 0.3 is 0 Å². The van der Waals surface area contributed by atoms with Crippen LogP contribution in [0.4, 0.5) is 5.82 Å². The summed E-state index contributed by atoms with van der Waals surface area (Å²) in [5, 5.41) is 0.948. The molecule has 0 atom stereocenters. The zero-order chi connectivity index (χ0) is 22.8. The lowest BCUT2D eigenvalue weighted by molar-refractivity contribution is 0.0959. The number of furan rings is 1. The lowest BCUT2D eigenvalue weighted by Gasteiger charge is -2.21. The lowest BCUT2D eigenvalue weighted by Crippen LogP contribution is -2.31. The number of aryl methyl sites for hydroxylation is 3. The second-order valence-corrected chi connectivity index (χ2v) is 7.76. The Kier molecular flexibility index (Phi) is 5.86. The summed E-state index contributed by atoms with van der Waals surface area (Å²) in [6.07, 6.45) is 1.67. The monoisotopic (exact) mass is 430 g/mol. The minimum Gasteiger partial charge on any atom is -0.493 e. The first kappa shape index (κ1) is 21.4. The Labute approximate surface area is 187 Å². The number of methoxy groups -OCH3 is 2. The first-order valence-electron chi connectivity index (χ1n) is 10.4. The van der Waals surface area contributed by atoms with E-state index in [0.717, 1.165) is 27.6 Å². The largest absolute Gasteiger partial charge is 0.493 e. The van der Waals surface area contributed by atoms with Crippen LogP contribution in [0.1, 0.15) is 32.8 Å². The molecule has 0 bridgehead atoms. The van der Waals surface area contributed by atoms with Gasteiger partial charge in [-0.15, -0.1) is 0 Å². The van der Waals surface area contributed by atoms with Crippen LogP contribution in [0.25, 0.3) is 11.0 Å². The highest BCUT2D eigenvalue weighted by Crippen LogP contribution is 2.32. The molecule has 6 nitrogen and oxygen atoms in total. The number of rotatable bonds is 6. The summed E-state index contributed by atoms with van der Waals surface area (Å²) >= 11 is 0. The van der Waals surface area contributed by atoms with Gasteiger partial charge in [0.1, 0.15) is 11.4 Å². The van der Waals surface area contributed by atoms with Crippen LogP contribution in [0.5, 0.6) is 11.5 Å². The van der Waals surface area contributed by atoms with Crippen LogP contribution in [-0.2, 0) is 6.54 Å². The minimum absolute atomic E-state index is 0.248. The molecule has 0 saturated heterocycles. The highest BCUT2D eigenvalue weighted by atomic mass is 16.5. The number of aromatic nitrogens is 1. The van der Waals surface area contributed by atoms with Gasteiger partial charge in [0.25, 0.3) is 5.91 Å². The summed E-state index contributed by atoms with van der Waals surface area (Å²) in [4.78, 5) is 19.8. The summed E-state index contributed by atoms with van der Waals surface area (Å²) < 4.78 is 16.8. The van der Waals surface area contributed by atoms with Crippen molar-refractivity contribution in [2.45, 2.75) is 27.3 Å². The van der Waals surface area contributed by atoms with Gasteiger partial charge in [0.2, 0.25) is 0 Å². The highest BCUT2D eigenvalue weighted by Gasteiger charge is 2.26. The van der Waals surface area contributed by atoms with E-state index < -0.39 is 0 Å². The van der Waals surface area contributed by atoms with Crippen molar-refractivity contribution in [2.75, 3.05) is 19.1 Å². The van der Waals surface area contributed by atoms with Crippen LogP contribution < -0.4 is 14.4 Å². The predicted octanol–water partition coefficient (Wildman–Crippen LogP) is 5.62. The summed E-state index contributed by atoms with van der Waals surface area (Å²) in [6.45, 7) is 6.30. The third kappa shape index (κ3) is 3.91. The number of benzene rings is 2. The van der Waals surface area contributed by atoms with E-state index in [4.69, 9.17) is 13.9 Å². The molecular weight excluding hydrogens is 404 g/mol. The third-order valence-electron chi connectivity index (χ3n) is 5.71. The molecular formula is C26H26N2O4. The Morgan fingerprint density at radius 1 is 0.969 bits per heavy atom. The van der Waals surface area contributed by atoms with Crippen LogP contribution in [0.2, 0.25) is 0 Å². The van der Waals surface area contributed by atoms with Gasteiger partial charge in [0.05, 0.1) is 20.8 Å². The van der Waals surface area contributed by atoms with Crippen LogP contribution in [0.15, 0.2) is 59.1 Å². The number of carbonyl (C=O) groups excluding carboxylic acids is 1. The van der Waals surface area contributed by atoms with Crippen molar-refractivity contribution in [1.82, 2.24) is 4.98 Å². The van der Waals surface area contributed by atoms with Gasteiger partial charge in [-0.25, -0.2) is 4.98 Å². The molecule has 0 spiro atoms. The van der Waals surface area contributed by atoms with Gasteiger partial charge in [0, 0.05) is 17.1 Å². The highest BCUT2D eigenvalue weighted by molar-refractivity contribution is 6.07. The predicted molar refractivity (Wildman–Crippen MR) is 125 cm³/mol. The Morgan fingerprint density at radius 2 is 1.72 bits per heavy atom. The normalized spacial score (nSPS) is 10.9. The molecule has 0 radical (unpaired) electrons. The number of amides is 1. The zero-order valence-corrected chi connectivity index (χ0v) is 18.9. The Bertz CT molecular complexity index is 1280. The molecule has 6 heteroatoms. The number of hydrogen-bond acceptors (Lipinski definition) is 5. The van der Waals surface area contributed by atoms with Crippen LogP contribution in [0, 0.1) is 20.8 Å². The van der Waals surface area contributed by atoms with E-state index in [1.54, 1.807) is 25.3 Å². The fourth-order valence-corrected chi connectivity index (χ4v) is 3.73. The third-order valence-corrected chi connectivity index (χ3v) is 5.71. The van der Waals surface area contributed by atoms with Crippen molar-refractivity contribution in [3.05, 3.63) is 82.7 Å². The van der Waals surface area contributed by atoms with Crippen molar-refractivity contribution in [1.29, 1.82) is 0 Å². The number of fused-ring (bicyclic) bond motifs is 1. The average molecular weight is 431 g/mol. The molecule has 2 aromatic heterocycles. The van der Waals surface area contributed by atoms with Crippen LogP contribution in [-0.4, -0.2) is 25.1 Å². The Hall–Kier alpha value is -3.80. The van der Waals surface area contributed by atoms with E-state index in [2.05, 4.69) is 18.0 Å². The fourth-order valence-electron chi connectivity index (χ4n) is 3.73. The Balaban J connectivity index is 1.77. The van der Waals surface area contributed by atoms with Gasteiger partial charge in [-0.3, -0.25) is 9.69 Å². The minimum atomic E-state index is -0.248. The van der Waals surface area contributed by atoms with Gasteiger partial charge in [-0.05, 0) is 73.9 Å². The van der Waals surface area contributed by atoms with Crippen molar-refractivity contribution >= 4 is 22.7 Å². The van der Waals surface area contributed by atoms with Crippen LogP contribution in [0.3, 0.4) is 0 Å². The second-order valence-electron chi connectivity index (χ2n) is 7.76. The molecule has 4 rings (SSSR count). The van der Waals surface area contributed by atoms with Crippen LogP contribution >= 0.6 is 0 Å². The second kappa shape index (κ2) is 8.75. The van der Waals surface area contributed by atoms with E-state index in [0.29, 0.717) is 35.2 Å². The first-order valence-corrected chi connectivity index (χ1v) is 10.4. The van der Waals surface area contributed by atoms with E-state index in [9.17, 15) is 4.79 Å². The molecule has 164 valence electrons. The summed E-state index contributed by atoms with van der Waals surface area (Å²) in [7, 11) is 3.18. The first-order chi connectivity index (χ1) is 15.4.